The predicted octanol–water partition coefficient (Wildman–Crippen LogP) is 6.48. The van der Waals surface area contributed by atoms with Crippen LogP contribution >= 0.6 is 11.8 Å². The lowest BCUT2D eigenvalue weighted by Gasteiger charge is -2.66. The molecule has 10 heteroatoms. The largest absolute Gasteiger partial charge is 0.482 e. The molecule has 3 aromatic rings. The maximum atomic E-state index is 13.8. The summed E-state index contributed by atoms with van der Waals surface area (Å²) in [6.07, 6.45) is 5.04. The molecule has 2 saturated carbocycles. The molecule has 1 N–H and O–H groups in total. The van der Waals surface area contributed by atoms with Crippen LogP contribution in [0, 0.1) is 28.6 Å². The number of pyridine rings is 1. The number of aliphatic hydroxyl groups excluding tert-OH is 1. The molecule has 0 spiro atoms. The second kappa shape index (κ2) is 11.9. The van der Waals surface area contributed by atoms with Crippen molar-refractivity contribution in [3.05, 3.63) is 76.4 Å². The van der Waals surface area contributed by atoms with Gasteiger partial charge < -0.3 is 23.7 Å². The Morgan fingerprint density at radius 3 is 2.63 bits per heavy atom. The Morgan fingerprint density at radius 1 is 1.15 bits per heavy atom. The van der Waals surface area contributed by atoms with Gasteiger partial charge in [0.1, 0.15) is 28.8 Å². The van der Waals surface area contributed by atoms with Gasteiger partial charge in [-0.25, -0.2) is 9.59 Å². The number of rotatable bonds is 6. The molecular weight excluding hydrogens is 606 g/mol. The number of hydrogen-bond acceptors (Lipinski definition) is 10. The summed E-state index contributed by atoms with van der Waals surface area (Å²) in [6.45, 7) is 9.86. The minimum absolute atomic E-state index is 0.0510. The molecule has 2 aromatic heterocycles. The molecule has 9 nitrogen and oxygen atoms in total. The molecule has 2 unspecified atom stereocenters. The summed E-state index contributed by atoms with van der Waals surface area (Å²) in [5.41, 5.74) is -1.94. The highest BCUT2D eigenvalue weighted by molar-refractivity contribution is 7.98. The molecule has 6 rings (SSSR count). The summed E-state index contributed by atoms with van der Waals surface area (Å²) in [7, 11) is 0. The van der Waals surface area contributed by atoms with Crippen molar-refractivity contribution in [3.63, 3.8) is 0 Å². The number of hydrogen-bond donors (Lipinski definition) is 1. The first-order valence-electron chi connectivity index (χ1n) is 15.8. The summed E-state index contributed by atoms with van der Waals surface area (Å²) in [6, 6.07) is 12.4. The lowest BCUT2D eigenvalue weighted by Crippen LogP contribution is -2.70. The number of carbonyl (C=O) groups is 2. The molecule has 0 amide bonds. The van der Waals surface area contributed by atoms with E-state index in [1.165, 1.54) is 18.7 Å². The third-order valence-electron chi connectivity index (χ3n) is 11.2. The highest BCUT2D eigenvalue weighted by atomic mass is 32.2. The SMILES string of the molecule is CSc1cccc(C(=O)O[C@H]2CC3[C@](C)(CC[C@H](C)[C@@]3(C)COC(C)=O)C3[C@@H](O)c4c(cc(-c5cccnc5)oc4=O)O[C@@]32C)c1. The van der Waals surface area contributed by atoms with Crippen LogP contribution in [-0.4, -0.2) is 46.6 Å². The predicted molar refractivity (Wildman–Crippen MR) is 172 cm³/mol. The van der Waals surface area contributed by atoms with E-state index in [-0.39, 0.29) is 41.5 Å². The van der Waals surface area contributed by atoms with Gasteiger partial charge in [-0.2, -0.15) is 0 Å². The molecule has 3 heterocycles. The van der Waals surface area contributed by atoms with Crippen molar-refractivity contribution in [3.8, 4) is 17.1 Å². The van der Waals surface area contributed by atoms with Crippen LogP contribution in [0.2, 0.25) is 0 Å². The molecule has 0 bridgehead atoms. The monoisotopic (exact) mass is 647 g/mol. The van der Waals surface area contributed by atoms with Gasteiger partial charge in [-0.1, -0.05) is 26.8 Å². The second-order valence-electron chi connectivity index (χ2n) is 13.8. The van der Waals surface area contributed by atoms with E-state index in [0.717, 1.165) is 17.7 Å². The number of nitrogens with zero attached hydrogens (tertiary/aromatic N) is 1. The molecule has 2 aliphatic carbocycles. The Bertz CT molecular complexity index is 1710. The van der Waals surface area contributed by atoms with Crippen molar-refractivity contribution >= 4 is 23.7 Å². The number of benzene rings is 1. The number of esters is 2. The summed E-state index contributed by atoms with van der Waals surface area (Å²) in [4.78, 5) is 44.5. The molecular formula is C36H41NO8S. The van der Waals surface area contributed by atoms with E-state index in [1.54, 1.807) is 42.7 Å². The van der Waals surface area contributed by atoms with Crippen LogP contribution < -0.4 is 10.4 Å². The van der Waals surface area contributed by atoms with E-state index in [1.807, 2.05) is 25.3 Å². The van der Waals surface area contributed by atoms with Gasteiger partial charge in [0, 0.05) is 47.2 Å². The summed E-state index contributed by atoms with van der Waals surface area (Å²) in [5.74, 6) is -1.05. The second-order valence-corrected chi connectivity index (χ2v) is 14.7. The van der Waals surface area contributed by atoms with Crippen molar-refractivity contribution in [2.24, 2.45) is 28.6 Å². The number of carbonyl (C=O) groups excluding carboxylic acids is 2. The molecule has 244 valence electrons. The number of ether oxygens (including phenoxy) is 3. The number of aliphatic hydroxyl groups is 1. The molecule has 3 aliphatic rings. The fourth-order valence-corrected chi connectivity index (χ4v) is 9.10. The number of thioether (sulfide) groups is 1. The molecule has 46 heavy (non-hydrogen) atoms. The maximum absolute atomic E-state index is 13.8. The highest BCUT2D eigenvalue weighted by Gasteiger charge is 2.70. The standard InChI is InChI=1S/C36H41NO8S/c1-20-12-13-34(3)27(35(20,4)19-42-21(2)38)17-28(44-32(40)22-9-7-11-24(15-22)46-6)36(5)31(34)30(39)29-26(45-36)16-25(43-33(29)41)23-10-8-14-37-18-23/h7-11,14-16,18,20,27-28,30-31,39H,12-13,17,19H2,1-6H3/t20-,27?,28-,30-,31?,34-,35+,36+/m0/s1. The van der Waals surface area contributed by atoms with Gasteiger partial charge in [-0.15, -0.1) is 11.8 Å². The fourth-order valence-electron chi connectivity index (χ4n) is 8.64. The van der Waals surface area contributed by atoms with Crippen molar-refractivity contribution in [2.75, 3.05) is 12.9 Å². The van der Waals surface area contributed by atoms with Crippen LogP contribution in [0.15, 0.2) is 69.0 Å². The van der Waals surface area contributed by atoms with Crippen molar-refractivity contribution < 1.29 is 33.3 Å². The summed E-state index contributed by atoms with van der Waals surface area (Å²) >= 11 is 1.53. The van der Waals surface area contributed by atoms with Crippen LogP contribution in [0.4, 0.5) is 0 Å². The van der Waals surface area contributed by atoms with E-state index in [0.29, 0.717) is 17.5 Å². The van der Waals surface area contributed by atoms with Gasteiger partial charge in [0.25, 0.3) is 0 Å². The fraction of sp³-hybridized carbons (Fsp3) is 0.500. The van der Waals surface area contributed by atoms with E-state index < -0.39 is 46.2 Å². The Morgan fingerprint density at radius 2 is 1.93 bits per heavy atom. The molecule has 0 radical (unpaired) electrons. The van der Waals surface area contributed by atoms with Crippen LogP contribution in [-0.2, 0) is 14.3 Å². The van der Waals surface area contributed by atoms with Crippen LogP contribution in [0.25, 0.3) is 11.3 Å². The highest BCUT2D eigenvalue weighted by Crippen LogP contribution is 2.68. The zero-order chi connectivity index (χ0) is 33.0. The number of aromatic nitrogens is 1. The average molecular weight is 648 g/mol. The van der Waals surface area contributed by atoms with Gasteiger partial charge in [-0.05, 0) is 80.0 Å². The van der Waals surface area contributed by atoms with Gasteiger partial charge >= 0.3 is 17.6 Å². The van der Waals surface area contributed by atoms with Crippen molar-refractivity contribution in [2.45, 2.75) is 76.6 Å². The van der Waals surface area contributed by atoms with Crippen molar-refractivity contribution in [1.82, 2.24) is 4.98 Å². The normalized spacial score (nSPS) is 33.1. The summed E-state index contributed by atoms with van der Waals surface area (Å²) in [5, 5.41) is 12.3. The lowest BCUT2D eigenvalue weighted by molar-refractivity contribution is -0.257. The van der Waals surface area contributed by atoms with Gasteiger partial charge in [0.15, 0.2) is 0 Å². The van der Waals surface area contributed by atoms with Crippen molar-refractivity contribution in [1.29, 1.82) is 0 Å². The topological polar surface area (TPSA) is 125 Å². The first-order valence-corrected chi connectivity index (χ1v) is 17.0. The Labute approximate surface area is 273 Å². The molecule has 0 saturated heterocycles. The third-order valence-corrected chi connectivity index (χ3v) is 12.0. The Balaban J connectivity index is 1.49. The maximum Gasteiger partial charge on any atom is 0.345 e. The quantitative estimate of drug-likeness (QED) is 0.235. The Kier molecular flexibility index (Phi) is 8.34. The average Bonchev–Trinajstić information content (AvgIpc) is 3.03. The Hall–Kier alpha value is -3.63. The zero-order valence-corrected chi connectivity index (χ0v) is 27.9. The van der Waals surface area contributed by atoms with Gasteiger partial charge in [0.2, 0.25) is 0 Å². The minimum atomic E-state index is -1.27. The molecule has 1 aromatic carbocycles. The summed E-state index contributed by atoms with van der Waals surface area (Å²) < 4.78 is 24.6. The molecule has 1 aliphatic heterocycles. The lowest BCUT2D eigenvalue weighted by atomic mass is 9.41. The molecule has 8 atom stereocenters. The van der Waals surface area contributed by atoms with Gasteiger partial charge in [0.05, 0.1) is 18.3 Å². The zero-order valence-electron chi connectivity index (χ0n) is 27.1. The molecule has 2 fully saturated rings. The van der Waals surface area contributed by atoms with E-state index >= 15 is 0 Å². The van der Waals surface area contributed by atoms with Crippen LogP contribution in [0.3, 0.4) is 0 Å². The van der Waals surface area contributed by atoms with Crippen LogP contribution in [0.5, 0.6) is 5.75 Å². The third kappa shape index (κ3) is 5.23. The first kappa shape index (κ1) is 32.3. The minimum Gasteiger partial charge on any atom is -0.482 e. The number of fused-ring (bicyclic) bond motifs is 4. The van der Waals surface area contributed by atoms with E-state index in [2.05, 4.69) is 25.8 Å². The van der Waals surface area contributed by atoms with E-state index in [4.69, 9.17) is 18.6 Å². The smallest absolute Gasteiger partial charge is 0.345 e. The first-order chi connectivity index (χ1) is 21.8. The van der Waals surface area contributed by atoms with E-state index in [9.17, 15) is 19.5 Å². The van der Waals surface area contributed by atoms with Gasteiger partial charge in [-0.3, -0.25) is 9.78 Å². The van der Waals surface area contributed by atoms with Crippen LogP contribution in [0.1, 0.15) is 75.9 Å².